The SMILES string of the molecule is Cc1ccc(/C=C\c2ccc(/C=C/c3ccc(C)cc3)cc2)cc1. The van der Waals surface area contributed by atoms with Crippen molar-refractivity contribution in [2.24, 2.45) is 0 Å². The van der Waals surface area contributed by atoms with Gasteiger partial charge >= 0.3 is 0 Å². The Morgan fingerprint density at radius 1 is 0.375 bits per heavy atom. The van der Waals surface area contributed by atoms with Crippen molar-refractivity contribution in [3.63, 3.8) is 0 Å². The molecule has 24 heavy (non-hydrogen) atoms. The summed E-state index contributed by atoms with van der Waals surface area (Å²) < 4.78 is 0. The highest BCUT2D eigenvalue weighted by molar-refractivity contribution is 5.73. The fourth-order valence-corrected chi connectivity index (χ4v) is 2.46. The van der Waals surface area contributed by atoms with Gasteiger partial charge in [-0.25, -0.2) is 0 Å². The maximum Gasteiger partial charge on any atom is -0.0256 e. The summed E-state index contributed by atoms with van der Waals surface area (Å²) in [5.74, 6) is 0. The molecule has 0 heteroatoms. The zero-order chi connectivity index (χ0) is 16.8. The van der Waals surface area contributed by atoms with E-state index in [4.69, 9.17) is 0 Å². The molecule has 0 N–H and O–H groups in total. The summed E-state index contributed by atoms with van der Waals surface area (Å²) in [6.45, 7) is 4.21. The molecule has 0 atom stereocenters. The molecule has 0 saturated carbocycles. The van der Waals surface area contributed by atoms with Crippen LogP contribution in [0.2, 0.25) is 0 Å². The second kappa shape index (κ2) is 7.61. The lowest BCUT2D eigenvalue weighted by atomic mass is 10.1. The molecule has 3 aromatic rings. The van der Waals surface area contributed by atoms with Crippen molar-refractivity contribution in [2.75, 3.05) is 0 Å². The second-order valence-corrected chi connectivity index (χ2v) is 6.15. The van der Waals surface area contributed by atoms with Gasteiger partial charge in [0.05, 0.1) is 0 Å². The van der Waals surface area contributed by atoms with E-state index in [0.29, 0.717) is 0 Å². The Kier molecular flexibility index (Phi) is 5.08. The molecule has 0 heterocycles. The van der Waals surface area contributed by atoms with Crippen molar-refractivity contribution in [3.05, 3.63) is 106 Å². The molecule has 0 aliphatic rings. The first kappa shape index (κ1) is 16.0. The van der Waals surface area contributed by atoms with E-state index in [1.807, 2.05) is 0 Å². The summed E-state index contributed by atoms with van der Waals surface area (Å²) in [5.41, 5.74) is 7.45. The first-order chi connectivity index (χ1) is 11.7. The Morgan fingerprint density at radius 3 is 0.833 bits per heavy atom. The predicted molar refractivity (Wildman–Crippen MR) is 107 cm³/mol. The highest BCUT2D eigenvalue weighted by Gasteiger charge is 1.91. The molecule has 0 unspecified atom stereocenters. The lowest BCUT2D eigenvalue weighted by Crippen LogP contribution is -1.77. The zero-order valence-electron chi connectivity index (χ0n) is 14.2. The Balaban J connectivity index is 1.66. The predicted octanol–water partition coefficient (Wildman–Crippen LogP) is 6.64. The molecule has 0 saturated heterocycles. The minimum absolute atomic E-state index is 1.21. The first-order valence-corrected chi connectivity index (χ1v) is 8.29. The van der Waals surface area contributed by atoms with Crippen LogP contribution in [0.15, 0.2) is 72.8 Å². The summed E-state index contributed by atoms with van der Waals surface area (Å²) in [6, 6.07) is 25.7. The lowest BCUT2D eigenvalue weighted by Gasteiger charge is -1.98. The van der Waals surface area contributed by atoms with Crippen molar-refractivity contribution in [2.45, 2.75) is 13.8 Å². The third-order valence-corrected chi connectivity index (χ3v) is 4.03. The van der Waals surface area contributed by atoms with Crippen LogP contribution < -0.4 is 0 Å². The average molecular weight is 310 g/mol. The lowest BCUT2D eigenvalue weighted by molar-refractivity contribution is 1.46. The quantitative estimate of drug-likeness (QED) is 0.473. The van der Waals surface area contributed by atoms with Crippen LogP contribution in [0.1, 0.15) is 33.4 Å². The van der Waals surface area contributed by atoms with Crippen molar-refractivity contribution in [1.82, 2.24) is 0 Å². The van der Waals surface area contributed by atoms with Gasteiger partial charge in [-0.15, -0.1) is 0 Å². The van der Waals surface area contributed by atoms with Crippen LogP contribution >= 0.6 is 0 Å². The van der Waals surface area contributed by atoms with Gasteiger partial charge in [0.15, 0.2) is 0 Å². The standard InChI is InChI=1S/C24H22/c1-19-3-7-21(8-4-19)11-13-23-15-17-24(18-16-23)14-12-22-9-5-20(2)6-10-22/h3-18H,1-2H3/b13-11-,14-12+. The molecule has 0 radical (unpaired) electrons. The van der Waals surface area contributed by atoms with Crippen molar-refractivity contribution >= 4 is 24.3 Å². The van der Waals surface area contributed by atoms with Gasteiger partial charge in [-0.05, 0) is 36.1 Å². The van der Waals surface area contributed by atoms with Gasteiger partial charge in [0.1, 0.15) is 0 Å². The summed E-state index contributed by atoms with van der Waals surface area (Å²) in [4.78, 5) is 0. The number of benzene rings is 3. The molecule has 3 rings (SSSR count). The molecular weight excluding hydrogens is 288 g/mol. The smallest absolute Gasteiger partial charge is 0.0256 e. The third kappa shape index (κ3) is 4.57. The van der Waals surface area contributed by atoms with Crippen LogP contribution in [0.5, 0.6) is 0 Å². The van der Waals surface area contributed by atoms with Crippen LogP contribution in [0, 0.1) is 13.8 Å². The molecule has 0 bridgehead atoms. The Labute approximate surface area is 144 Å². The second-order valence-electron chi connectivity index (χ2n) is 6.15. The van der Waals surface area contributed by atoms with E-state index in [2.05, 4.69) is 111 Å². The van der Waals surface area contributed by atoms with E-state index >= 15 is 0 Å². The summed E-state index contributed by atoms with van der Waals surface area (Å²) >= 11 is 0. The van der Waals surface area contributed by atoms with Crippen molar-refractivity contribution in [3.8, 4) is 0 Å². The number of rotatable bonds is 4. The van der Waals surface area contributed by atoms with E-state index < -0.39 is 0 Å². The highest BCUT2D eigenvalue weighted by atomic mass is 14.0. The van der Waals surface area contributed by atoms with Gasteiger partial charge in [-0.1, -0.05) is 108 Å². The van der Waals surface area contributed by atoms with Gasteiger partial charge in [0.25, 0.3) is 0 Å². The molecule has 0 nitrogen and oxygen atoms in total. The number of hydrogen-bond donors (Lipinski definition) is 0. The minimum Gasteiger partial charge on any atom is -0.0587 e. The van der Waals surface area contributed by atoms with Gasteiger partial charge in [-0.3, -0.25) is 0 Å². The van der Waals surface area contributed by atoms with Gasteiger partial charge < -0.3 is 0 Å². The number of aryl methyl sites for hydroxylation is 2. The Bertz CT molecular complexity index is 756. The third-order valence-electron chi connectivity index (χ3n) is 4.03. The summed E-state index contributed by atoms with van der Waals surface area (Å²) in [5, 5.41) is 0. The molecule has 118 valence electrons. The maximum absolute atomic E-state index is 2.15. The van der Waals surface area contributed by atoms with Gasteiger partial charge in [0, 0.05) is 0 Å². The summed E-state index contributed by atoms with van der Waals surface area (Å²) in [6.07, 6.45) is 8.60. The summed E-state index contributed by atoms with van der Waals surface area (Å²) in [7, 11) is 0. The van der Waals surface area contributed by atoms with Gasteiger partial charge in [-0.2, -0.15) is 0 Å². The van der Waals surface area contributed by atoms with Gasteiger partial charge in [0.2, 0.25) is 0 Å². The fraction of sp³-hybridized carbons (Fsp3) is 0.0833. The number of hydrogen-bond acceptors (Lipinski definition) is 0. The van der Waals surface area contributed by atoms with Crippen LogP contribution in [-0.2, 0) is 0 Å². The molecule has 0 aliphatic heterocycles. The Morgan fingerprint density at radius 2 is 0.583 bits per heavy atom. The minimum atomic E-state index is 1.21. The Hall–Kier alpha value is -2.86. The van der Waals surface area contributed by atoms with Crippen molar-refractivity contribution in [1.29, 1.82) is 0 Å². The fourth-order valence-electron chi connectivity index (χ4n) is 2.46. The largest absolute Gasteiger partial charge is 0.0587 e. The normalized spacial score (nSPS) is 11.4. The van der Waals surface area contributed by atoms with E-state index in [1.165, 1.54) is 33.4 Å². The highest BCUT2D eigenvalue weighted by Crippen LogP contribution is 2.13. The van der Waals surface area contributed by atoms with Crippen LogP contribution in [0.25, 0.3) is 24.3 Å². The molecule has 0 fully saturated rings. The molecular formula is C24H22. The zero-order valence-corrected chi connectivity index (χ0v) is 14.2. The van der Waals surface area contributed by atoms with Crippen molar-refractivity contribution < 1.29 is 0 Å². The topological polar surface area (TPSA) is 0 Å². The molecule has 0 aliphatic carbocycles. The van der Waals surface area contributed by atoms with E-state index in [-0.39, 0.29) is 0 Å². The molecule has 3 aromatic carbocycles. The molecule has 0 spiro atoms. The van der Waals surface area contributed by atoms with Crippen LogP contribution in [0.4, 0.5) is 0 Å². The first-order valence-electron chi connectivity index (χ1n) is 8.29. The van der Waals surface area contributed by atoms with E-state index in [9.17, 15) is 0 Å². The van der Waals surface area contributed by atoms with E-state index in [1.54, 1.807) is 0 Å². The maximum atomic E-state index is 2.15. The molecule has 0 amide bonds. The van der Waals surface area contributed by atoms with E-state index in [0.717, 1.165) is 0 Å². The monoisotopic (exact) mass is 310 g/mol. The van der Waals surface area contributed by atoms with Crippen LogP contribution in [-0.4, -0.2) is 0 Å². The average Bonchev–Trinajstić information content (AvgIpc) is 2.62. The van der Waals surface area contributed by atoms with Crippen LogP contribution in [0.3, 0.4) is 0 Å². The molecule has 0 aromatic heterocycles.